The van der Waals surface area contributed by atoms with Crippen LogP contribution in [0.2, 0.25) is 5.02 Å². The number of benzene rings is 1. The zero-order valence-electron chi connectivity index (χ0n) is 12.0. The van der Waals surface area contributed by atoms with E-state index in [1.165, 1.54) is 6.20 Å². The van der Waals surface area contributed by atoms with E-state index in [-0.39, 0.29) is 5.56 Å². The van der Waals surface area contributed by atoms with Crippen molar-refractivity contribution in [3.63, 3.8) is 0 Å². The third-order valence-corrected chi connectivity index (χ3v) is 4.13. The first-order chi connectivity index (χ1) is 10.6. The Morgan fingerprint density at radius 1 is 1.36 bits per heavy atom. The molecule has 3 rings (SSSR count). The number of halogens is 1. The zero-order chi connectivity index (χ0) is 15.5. The zero-order valence-corrected chi connectivity index (χ0v) is 12.7. The van der Waals surface area contributed by atoms with Crippen molar-refractivity contribution in [3.8, 4) is 11.1 Å². The number of ether oxygens (including phenoxy) is 1. The maximum Gasteiger partial charge on any atom is 0.337 e. The predicted octanol–water partition coefficient (Wildman–Crippen LogP) is 3.68. The fraction of sp³-hybridized carbons (Fsp3) is 0.294. The molecular formula is C17H16ClNO3. The number of carboxylic acid groups (broad SMARTS) is 1. The number of nitrogens with zero attached hydrogens (tertiary/aromatic N) is 1. The lowest BCUT2D eigenvalue weighted by atomic mass is 9.95. The van der Waals surface area contributed by atoms with Crippen LogP contribution in [0, 0.1) is 5.92 Å². The van der Waals surface area contributed by atoms with Crippen LogP contribution in [0.4, 0.5) is 0 Å². The summed E-state index contributed by atoms with van der Waals surface area (Å²) in [5.74, 6) is -0.535. The maximum atomic E-state index is 11.2. The Hall–Kier alpha value is -1.91. The van der Waals surface area contributed by atoms with E-state index in [2.05, 4.69) is 4.98 Å². The van der Waals surface area contributed by atoms with Gasteiger partial charge in [0.05, 0.1) is 5.56 Å². The Balaban J connectivity index is 2.00. The number of hydrogen-bond acceptors (Lipinski definition) is 3. The molecule has 0 spiro atoms. The van der Waals surface area contributed by atoms with E-state index in [9.17, 15) is 9.90 Å². The number of aromatic nitrogens is 1. The summed E-state index contributed by atoms with van der Waals surface area (Å²) in [5.41, 5.74) is 2.87. The molecule has 0 saturated carbocycles. The highest BCUT2D eigenvalue weighted by atomic mass is 35.5. The number of pyridine rings is 1. The van der Waals surface area contributed by atoms with Crippen LogP contribution < -0.4 is 0 Å². The van der Waals surface area contributed by atoms with Crippen LogP contribution in [0.5, 0.6) is 0 Å². The monoisotopic (exact) mass is 317 g/mol. The van der Waals surface area contributed by atoms with Crippen molar-refractivity contribution in [3.05, 3.63) is 52.8 Å². The number of rotatable bonds is 4. The molecule has 1 fully saturated rings. The summed E-state index contributed by atoms with van der Waals surface area (Å²) in [4.78, 5) is 15.6. The van der Waals surface area contributed by atoms with Crippen LogP contribution in [0.15, 0.2) is 36.5 Å². The highest BCUT2D eigenvalue weighted by Gasteiger charge is 2.20. The van der Waals surface area contributed by atoms with E-state index in [1.54, 1.807) is 18.2 Å². The molecule has 5 heteroatoms. The third kappa shape index (κ3) is 3.29. The number of hydrogen-bond donors (Lipinski definition) is 1. The Labute approximate surface area is 133 Å². The molecule has 0 amide bonds. The van der Waals surface area contributed by atoms with Crippen LogP contribution in [0.3, 0.4) is 0 Å². The average molecular weight is 318 g/mol. The SMILES string of the molecule is O=C(O)c1cnc(C[C@@H]2CCOC2)c(-c2ccc(Cl)cc2)c1. The number of carbonyl (C=O) groups is 1. The minimum atomic E-state index is -0.974. The molecule has 1 N–H and O–H groups in total. The van der Waals surface area contributed by atoms with Gasteiger partial charge in [-0.2, -0.15) is 0 Å². The van der Waals surface area contributed by atoms with Gasteiger partial charge in [-0.25, -0.2) is 4.79 Å². The maximum absolute atomic E-state index is 11.2. The standard InChI is InChI=1S/C17H16ClNO3/c18-14-3-1-12(2-4-14)15-8-13(17(20)21)9-19-16(15)7-11-5-6-22-10-11/h1-4,8-9,11H,5-7,10H2,(H,20,21)/t11-/m0/s1. The van der Waals surface area contributed by atoms with E-state index in [4.69, 9.17) is 16.3 Å². The van der Waals surface area contributed by atoms with Gasteiger partial charge < -0.3 is 9.84 Å². The molecule has 1 aromatic carbocycles. The minimum Gasteiger partial charge on any atom is -0.478 e. The molecule has 22 heavy (non-hydrogen) atoms. The van der Waals surface area contributed by atoms with Gasteiger partial charge in [-0.15, -0.1) is 0 Å². The van der Waals surface area contributed by atoms with Crippen molar-refractivity contribution in [2.24, 2.45) is 5.92 Å². The van der Waals surface area contributed by atoms with E-state index >= 15 is 0 Å². The van der Waals surface area contributed by atoms with Crippen molar-refractivity contribution >= 4 is 17.6 Å². The largest absolute Gasteiger partial charge is 0.478 e. The van der Waals surface area contributed by atoms with Crippen LogP contribution >= 0.6 is 11.6 Å². The van der Waals surface area contributed by atoms with E-state index in [1.807, 2.05) is 12.1 Å². The third-order valence-electron chi connectivity index (χ3n) is 3.88. The fourth-order valence-corrected chi connectivity index (χ4v) is 2.80. The molecule has 114 valence electrons. The minimum absolute atomic E-state index is 0.191. The first kappa shape index (κ1) is 15.0. The second-order valence-corrected chi connectivity index (χ2v) is 5.90. The molecule has 0 bridgehead atoms. The summed E-state index contributed by atoms with van der Waals surface area (Å²) in [5, 5.41) is 9.84. The Kier molecular flexibility index (Phi) is 4.41. The smallest absolute Gasteiger partial charge is 0.337 e. The summed E-state index contributed by atoms with van der Waals surface area (Å²) in [6.07, 6.45) is 3.23. The quantitative estimate of drug-likeness (QED) is 0.934. The topological polar surface area (TPSA) is 59.4 Å². The van der Waals surface area contributed by atoms with Crippen molar-refractivity contribution in [2.75, 3.05) is 13.2 Å². The van der Waals surface area contributed by atoms with Gasteiger partial charge in [0.2, 0.25) is 0 Å². The van der Waals surface area contributed by atoms with Crippen molar-refractivity contribution < 1.29 is 14.6 Å². The van der Waals surface area contributed by atoms with Gasteiger partial charge in [0.15, 0.2) is 0 Å². The molecule has 1 aliphatic heterocycles. The molecule has 1 atom stereocenters. The van der Waals surface area contributed by atoms with Gasteiger partial charge in [-0.3, -0.25) is 4.98 Å². The second-order valence-electron chi connectivity index (χ2n) is 5.46. The highest BCUT2D eigenvalue weighted by Crippen LogP contribution is 2.28. The summed E-state index contributed by atoms with van der Waals surface area (Å²) >= 11 is 5.93. The lowest BCUT2D eigenvalue weighted by molar-refractivity contribution is 0.0696. The molecule has 0 unspecified atom stereocenters. The first-order valence-electron chi connectivity index (χ1n) is 7.19. The molecule has 1 aromatic heterocycles. The lowest BCUT2D eigenvalue weighted by Crippen LogP contribution is -2.08. The summed E-state index contributed by atoms with van der Waals surface area (Å²) < 4.78 is 5.41. The Morgan fingerprint density at radius 3 is 2.77 bits per heavy atom. The number of carboxylic acids is 1. The van der Waals surface area contributed by atoms with Gasteiger partial charge in [-0.05, 0) is 42.5 Å². The molecule has 1 saturated heterocycles. The first-order valence-corrected chi connectivity index (χ1v) is 7.57. The fourth-order valence-electron chi connectivity index (χ4n) is 2.67. The Bertz CT molecular complexity index is 679. The van der Waals surface area contributed by atoms with Gasteiger partial charge in [0.25, 0.3) is 0 Å². The Morgan fingerprint density at radius 2 is 2.14 bits per heavy atom. The van der Waals surface area contributed by atoms with E-state index in [0.717, 1.165) is 42.9 Å². The van der Waals surface area contributed by atoms with Gasteiger partial charge >= 0.3 is 5.97 Å². The molecule has 0 radical (unpaired) electrons. The molecule has 2 heterocycles. The molecular weight excluding hydrogens is 302 g/mol. The van der Waals surface area contributed by atoms with Crippen molar-refractivity contribution in [2.45, 2.75) is 12.8 Å². The van der Waals surface area contributed by atoms with Crippen LogP contribution in [-0.2, 0) is 11.2 Å². The molecule has 2 aromatic rings. The summed E-state index contributed by atoms with van der Waals surface area (Å²) in [6, 6.07) is 9.06. The molecule has 4 nitrogen and oxygen atoms in total. The van der Waals surface area contributed by atoms with Crippen LogP contribution in [0.25, 0.3) is 11.1 Å². The van der Waals surface area contributed by atoms with Gasteiger partial charge in [-0.1, -0.05) is 23.7 Å². The van der Waals surface area contributed by atoms with Gasteiger partial charge in [0, 0.05) is 35.7 Å². The highest BCUT2D eigenvalue weighted by molar-refractivity contribution is 6.30. The number of aromatic carboxylic acids is 1. The van der Waals surface area contributed by atoms with E-state index in [0.29, 0.717) is 10.9 Å². The predicted molar refractivity (Wildman–Crippen MR) is 84.3 cm³/mol. The van der Waals surface area contributed by atoms with Gasteiger partial charge in [0.1, 0.15) is 0 Å². The van der Waals surface area contributed by atoms with Crippen molar-refractivity contribution in [1.29, 1.82) is 0 Å². The molecule has 0 aliphatic carbocycles. The van der Waals surface area contributed by atoms with E-state index < -0.39 is 5.97 Å². The van der Waals surface area contributed by atoms with Crippen molar-refractivity contribution in [1.82, 2.24) is 4.98 Å². The average Bonchev–Trinajstić information content (AvgIpc) is 3.01. The van der Waals surface area contributed by atoms with Crippen LogP contribution in [0.1, 0.15) is 22.5 Å². The normalized spacial score (nSPS) is 17.6. The molecule has 1 aliphatic rings. The lowest BCUT2D eigenvalue weighted by Gasteiger charge is -2.13. The summed E-state index contributed by atoms with van der Waals surface area (Å²) in [6.45, 7) is 1.52. The second kappa shape index (κ2) is 6.46. The summed E-state index contributed by atoms with van der Waals surface area (Å²) in [7, 11) is 0. The van der Waals surface area contributed by atoms with Crippen LogP contribution in [-0.4, -0.2) is 29.3 Å².